The summed E-state index contributed by atoms with van der Waals surface area (Å²) in [5, 5.41) is 20.9. The molecule has 2 aromatic carbocycles. The second kappa shape index (κ2) is 4.25. The number of aryl methyl sites for hydroxylation is 4. The standard InChI is InChI=1S/C17H16O4/c1-7-5-11-15(20)12-6-8(2)14(19)10(4)17(12)21-16(11)9(3)13(7)18/h5-6,18-19H,1-4H3. The van der Waals surface area contributed by atoms with Gasteiger partial charge < -0.3 is 14.6 Å². The summed E-state index contributed by atoms with van der Waals surface area (Å²) in [6.45, 7) is 6.92. The number of fused-ring (bicyclic) bond motifs is 2. The normalized spacial score (nSPS) is 11.4. The molecule has 3 rings (SSSR count). The molecule has 108 valence electrons. The van der Waals surface area contributed by atoms with Gasteiger partial charge in [0.1, 0.15) is 22.7 Å². The Morgan fingerprint density at radius 2 is 1.19 bits per heavy atom. The average Bonchev–Trinajstić information content (AvgIpc) is 2.45. The summed E-state index contributed by atoms with van der Waals surface area (Å²) in [4.78, 5) is 12.7. The number of benzene rings is 2. The zero-order valence-electron chi connectivity index (χ0n) is 12.4. The van der Waals surface area contributed by atoms with E-state index in [9.17, 15) is 15.0 Å². The van der Waals surface area contributed by atoms with Gasteiger partial charge in [-0.05, 0) is 51.0 Å². The second-order valence-corrected chi connectivity index (χ2v) is 5.52. The molecule has 0 unspecified atom stereocenters. The molecule has 0 fully saturated rings. The minimum absolute atomic E-state index is 0.124. The summed E-state index contributed by atoms with van der Waals surface area (Å²) in [5.74, 6) is 0.248. The first kappa shape index (κ1) is 13.5. The molecule has 2 N–H and O–H groups in total. The van der Waals surface area contributed by atoms with Crippen molar-refractivity contribution in [2.45, 2.75) is 27.7 Å². The van der Waals surface area contributed by atoms with Gasteiger partial charge in [0.25, 0.3) is 0 Å². The Balaban J connectivity index is 2.66. The van der Waals surface area contributed by atoms with Crippen LogP contribution in [-0.4, -0.2) is 10.2 Å². The first-order valence-corrected chi connectivity index (χ1v) is 6.71. The highest BCUT2D eigenvalue weighted by Crippen LogP contribution is 2.34. The maximum absolute atomic E-state index is 12.7. The maximum atomic E-state index is 12.7. The van der Waals surface area contributed by atoms with Crippen LogP contribution in [0.2, 0.25) is 0 Å². The van der Waals surface area contributed by atoms with E-state index in [2.05, 4.69) is 0 Å². The molecule has 0 aliphatic heterocycles. The average molecular weight is 284 g/mol. The first-order valence-electron chi connectivity index (χ1n) is 6.71. The highest BCUT2D eigenvalue weighted by Gasteiger charge is 2.17. The molecule has 0 amide bonds. The first-order chi connectivity index (χ1) is 9.82. The van der Waals surface area contributed by atoms with Crippen LogP contribution < -0.4 is 5.43 Å². The van der Waals surface area contributed by atoms with Crippen LogP contribution in [0.1, 0.15) is 22.3 Å². The molecule has 1 aromatic heterocycles. The van der Waals surface area contributed by atoms with Gasteiger partial charge in [0.05, 0.1) is 10.8 Å². The Morgan fingerprint density at radius 3 is 1.57 bits per heavy atom. The van der Waals surface area contributed by atoms with Gasteiger partial charge in [-0.2, -0.15) is 0 Å². The van der Waals surface area contributed by atoms with Crippen LogP contribution in [0.4, 0.5) is 0 Å². The molecule has 0 bridgehead atoms. The summed E-state index contributed by atoms with van der Waals surface area (Å²) >= 11 is 0. The zero-order chi connectivity index (χ0) is 15.5. The Kier molecular flexibility index (Phi) is 2.73. The quantitative estimate of drug-likeness (QED) is 0.619. The molecule has 0 saturated heterocycles. The molecule has 0 aliphatic rings. The number of hydrogen-bond donors (Lipinski definition) is 2. The number of phenols is 2. The van der Waals surface area contributed by atoms with Crippen molar-refractivity contribution in [1.29, 1.82) is 0 Å². The smallest absolute Gasteiger partial charge is 0.200 e. The lowest BCUT2D eigenvalue weighted by Crippen LogP contribution is -2.05. The molecule has 0 aliphatic carbocycles. The van der Waals surface area contributed by atoms with Gasteiger partial charge in [0.2, 0.25) is 5.43 Å². The molecule has 0 saturated carbocycles. The third-order valence-corrected chi connectivity index (χ3v) is 4.04. The molecular weight excluding hydrogens is 268 g/mol. The van der Waals surface area contributed by atoms with Crippen LogP contribution in [0.5, 0.6) is 11.5 Å². The molecule has 0 spiro atoms. The number of rotatable bonds is 0. The van der Waals surface area contributed by atoms with E-state index < -0.39 is 0 Å². The lowest BCUT2D eigenvalue weighted by molar-refractivity contribution is 0.464. The van der Waals surface area contributed by atoms with E-state index in [4.69, 9.17) is 4.42 Å². The molecule has 0 atom stereocenters. The van der Waals surface area contributed by atoms with Crippen molar-refractivity contribution in [1.82, 2.24) is 0 Å². The van der Waals surface area contributed by atoms with Crippen LogP contribution in [0.15, 0.2) is 21.3 Å². The van der Waals surface area contributed by atoms with Crippen LogP contribution in [0.25, 0.3) is 21.9 Å². The van der Waals surface area contributed by atoms with E-state index in [-0.39, 0.29) is 16.9 Å². The van der Waals surface area contributed by atoms with E-state index in [1.807, 2.05) is 0 Å². The van der Waals surface area contributed by atoms with Gasteiger partial charge in [-0.3, -0.25) is 4.79 Å². The number of aromatic hydroxyl groups is 2. The van der Waals surface area contributed by atoms with Gasteiger partial charge in [-0.1, -0.05) is 0 Å². The fraction of sp³-hybridized carbons (Fsp3) is 0.235. The van der Waals surface area contributed by atoms with E-state index in [0.717, 1.165) is 0 Å². The van der Waals surface area contributed by atoms with Gasteiger partial charge in [-0.25, -0.2) is 0 Å². The fourth-order valence-electron chi connectivity index (χ4n) is 2.76. The summed E-state index contributed by atoms with van der Waals surface area (Å²) < 4.78 is 5.84. The van der Waals surface area contributed by atoms with Gasteiger partial charge in [0, 0.05) is 11.1 Å². The maximum Gasteiger partial charge on any atom is 0.200 e. The molecule has 3 aromatic rings. The minimum Gasteiger partial charge on any atom is -0.507 e. The third-order valence-electron chi connectivity index (χ3n) is 4.04. The highest BCUT2D eigenvalue weighted by atomic mass is 16.3. The van der Waals surface area contributed by atoms with Crippen LogP contribution in [-0.2, 0) is 0 Å². The van der Waals surface area contributed by atoms with E-state index in [1.54, 1.807) is 39.8 Å². The zero-order valence-corrected chi connectivity index (χ0v) is 12.4. The molecule has 21 heavy (non-hydrogen) atoms. The summed E-state index contributed by atoms with van der Waals surface area (Å²) in [6, 6.07) is 3.28. The van der Waals surface area contributed by atoms with Crippen molar-refractivity contribution in [2.24, 2.45) is 0 Å². The fourth-order valence-corrected chi connectivity index (χ4v) is 2.76. The Hall–Kier alpha value is -2.49. The van der Waals surface area contributed by atoms with Crippen LogP contribution in [0, 0.1) is 27.7 Å². The van der Waals surface area contributed by atoms with E-state index >= 15 is 0 Å². The van der Waals surface area contributed by atoms with Crippen LogP contribution in [0.3, 0.4) is 0 Å². The van der Waals surface area contributed by atoms with Crippen molar-refractivity contribution in [3.8, 4) is 11.5 Å². The lowest BCUT2D eigenvalue weighted by Gasteiger charge is -2.11. The highest BCUT2D eigenvalue weighted by molar-refractivity contribution is 5.94. The van der Waals surface area contributed by atoms with Crippen molar-refractivity contribution < 1.29 is 14.6 Å². The van der Waals surface area contributed by atoms with Gasteiger partial charge >= 0.3 is 0 Å². The number of hydrogen-bond acceptors (Lipinski definition) is 4. The van der Waals surface area contributed by atoms with Crippen molar-refractivity contribution in [2.75, 3.05) is 0 Å². The summed E-state index contributed by atoms with van der Waals surface area (Å²) in [7, 11) is 0. The van der Waals surface area contributed by atoms with Gasteiger partial charge in [0.15, 0.2) is 0 Å². The largest absolute Gasteiger partial charge is 0.507 e. The van der Waals surface area contributed by atoms with Crippen molar-refractivity contribution >= 4 is 21.9 Å². The predicted octanol–water partition coefficient (Wildman–Crippen LogP) is 3.59. The topological polar surface area (TPSA) is 70.7 Å². The van der Waals surface area contributed by atoms with Crippen molar-refractivity contribution in [3.05, 3.63) is 44.6 Å². The Bertz CT molecular complexity index is 890. The van der Waals surface area contributed by atoms with E-state index in [0.29, 0.717) is 44.2 Å². The molecule has 4 heteroatoms. The van der Waals surface area contributed by atoms with Crippen LogP contribution >= 0.6 is 0 Å². The second-order valence-electron chi connectivity index (χ2n) is 5.52. The summed E-state index contributed by atoms with van der Waals surface area (Å²) in [5.41, 5.74) is 2.91. The van der Waals surface area contributed by atoms with Gasteiger partial charge in [-0.15, -0.1) is 0 Å². The predicted molar refractivity (Wildman–Crippen MR) is 82.3 cm³/mol. The molecule has 0 radical (unpaired) electrons. The summed E-state index contributed by atoms with van der Waals surface area (Å²) in [6.07, 6.45) is 0. The molecule has 4 nitrogen and oxygen atoms in total. The van der Waals surface area contributed by atoms with Crippen molar-refractivity contribution in [3.63, 3.8) is 0 Å². The Morgan fingerprint density at radius 1 is 0.810 bits per heavy atom. The monoisotopic (exact) mass is 284 g/mol. The van der Waals surface area contributed by atoms with E-state index in [1.165, 1.54) is 0 Å². The molecule has 1 heterocycles. The number of phenolic OH excluding ortho intramolecular Hbond substituents is 2. The lowest BCUT2D eigenvalue weighted by atomic mass is 10.0. The third kappa shape index (κ3) is 1.72. The SMILES string of the molecule is Cc1cc2c(=O)c3cc(C)c(O)c(C)c3oc2c(C)c1O. The molecular formula is C17H16O4. The Labute approximate surface area is 121 Å². The minimum atomic E-state index is -0.149.